The van der Waals surface area contributed by atoms with Crippen molar-refractivity contribution >= 4 is 11.8 Å². The lowest BCUT2D eigenvalue weighted by Gasteiger charge is -2.05. The number of esters is 1. The summed E-state index contributed by atoms with van der Waals surface area (Å²) in [5, 5.41) is 18.8. The van der Waals surface area contributed by atoms with Gasteiger partial charge < -0.3 is 14.9 Å². The summed E-state index contributed by atoms with van der Waals surface area (Å²) in [4.78, 5) is 23.7. The van der Waals surface area contributed by atoms with Crippen molar-refractivity contribution in [2.45, 2.75) is 57.8 Å². The van der Waals surface area contributed by atoms with Crippen molar-refractivity contribution in [3.05, 3.63) is 54.1 Å². The smallest absolute Gasteiger partial charge is 0.311 e. The van der Waals surface area contributed by atoms with E-state index in [1.807, 2.05) is 6.07 Å². The highest BCUT2D eigenvalue weighted by Crippen LogP contribution is 2.19. The second-order valence-corrected chi connectivity index (χ2v) is 6.98. The minimum atomic E-state index is -0.289. The van der Waals surface area contributed by atoms with Crippen molar-refractivity contribution in [2.24, 2.45) is 0 Å². The van der Waals surface area contributed by atoms with Crippen LogP contribution in [-0.2, 0) is 16.0 Å². The predicted molar refractivity (Wildman–Crippen MR) is 107 cm³/mol. The molecular formula is C23H28O5. The highest BCUT2D eigenvalue weighted by molar-refractivity contribution is 5.80. The molecule has 0 aliphatic heterocycles. The van der Waals surface area contributed by atoms with Crippen molar-refractivity contribution in [3.8, 4) is 17.2 Å². The Morgan fingerprint density at radius 3 is 2.04 bits per heavy atom. The second-order valence-electron chi connectivity index (χ2n) is 6.98. The third-order valence-corrected chi connectivity index (χ3v) is 4.45. The molecule has 0 bridgehead atoms. The second kappa shape index (κ2) is 11.8. The molecule has 5 heteroatoms. The van der Waals surface area contributed by atoms with Crippen LogP contribution in [0.25, 0.3) is 0 Å². The summed E-state index contributed by atoms with van der Waals surface area (Å²) >= 11 is 0. The first-order valence-electron chi connectivity index (χ1n) is 9.82. The molecule has 28 heavy (non-hydrogen) atoms. The van der Waals surface area contributed by atoms with E-state index in [9.17, 15) is 19.8 Å². The molecule has 0 radical (unpaired) electrons. The summed E-state index contributed by atoms with van der Waals surface area (Å²) in [6.07, 6.45) is 6.96. The van der Waals surface area contributed by atoms with Gasteiger partial charge in [-0.25, -0.2) is 0 Å². The number of carbonyl (C=O) groups is 2. The molecule has 2 N–H and O–H groups in total. The largest absolute Gasteiger partial charge is 0.508 e. The van der Waals surface area contributed by atoms with E-state index < -0.39 is 0 Å². The van der Waals surface area contributed by atoms with E-state index in [4.69, 9.17) is 4.74 Å². The van der Waals surface area contributed by atoms with E-state index >= 15 is 0 Å². The molecule has 0 unspecified atom stereocenters. The molecule has 0 atom stereocenters. The molecule has 0 saturated carbocycles. The van der Waals surface area contributed by atoms with Crippen LogP contribution in [0.3, 0.4) is 0 Å². The van der Waals surface area contributed by atoms with Crippen LogP contribution in [0.15, 0.2) is 48.5 Å². The van der Waals surface area contributed by atoms with Crippen molar-refractivity contribution in [2.75, 3.05) is 0 Å². The van der Waals surface area contributed by atoms with Gasteiger partial charge in [0.25, 0.3) is 0 Å². The SMILES string of the molecule is O=C(CCCCCCCCC(=O)Oc1cccc(O)c1)Cc1cccc(O)c1. The van der Waals surface area contributed by atoms with E-state index in [1.165, 1.54) is 12.1 Å². The number of ketones is 1. The van der Waals surface area contributed by atoms with Crippen LogP contribution in [0, 0.1) is 0 Å². The van der Waals surface area contributed by atoms with E-state index in [2.05, 4.69) is 0 Å². The average Bonchev–Trinajstić information content (AvgIpc) is 2.64. The monoisotopic (exact) mass is 384 g/mol. The van der Waals surface area contributed by atoms with Gasteiger partial charge in [-0.3, -0.25) is 9.59 Å². The lowest BCUT2D eigenvalue weighted by Crippen LogP contribution is -2.07. The maximum absolute atomic E-state index is 12.0. The molecule has 150 valence electrons. The number of carbonyl (C=O) groups excluding carboxylic acids is 2. The summed E-state index contributed by atoms with van der Waals surface area (Å²) in [7, 11) is 0. The summed E-state index contributed by atoms with van der Waals surface area (Å²) in [6.45, 7) is 0. The number of aromatic hydroxyl groups is 2. The Labute approximate surface area is 166 Å². The highest BCUT2D eigenvalue weighted by Gasteiger charge is 2.06. The maximum Gasteiger partial charge on any atom is 0.311 e. The van der Waals surface area contributed by atoms with Crippen LogP contribution in [0.1, 0.15) is 56.9 Å². The fraction of sp³-hybridized carbons (Fsp3) is 0.391. The van der Waals surface area contributed by atoms with Gasteiger partial charge in [-0.15, -0.1) is 0 Å². The molecule has 0 fully saturated rings. The van der Waals surface area contributed by atoms with Gasteiger partial charge in [0.1, 0.15) is 23.0 Å². The molecule has 0 aromatic heterocycles. The molecule has 5 nitrogen and oxygen atoms in total. The van der Waals surface area contributed by atoms with Gasteiger partial charge in [-0.1, -0.05) is 43.9 Å². The van der Waals surface area contributed by atoms with Gasteiger partial charge in [-0.2, -0.15) is 0 Å². The van der Waals surface area contributed by atoms with Crippen molar-refractivity contribution < 1.29 is 24.5 Å². The van der Waals surface area contributed by atoms with E-state index in [0.29, 0.717) is 25.0 Å². The highest BCUT2D eigenvalue weighted by atomic mass is 16.5. The lowest BCUT2D eigenvalue weighted by molar-refractivity contribution is -0.134. The first-order chi connectivity index (χ1) is 13.5. The minimum absolute atomic E-state index is 0.0747. The zero-order valence-electron chi connectivity index (χ0n) is 16.1. The summed E-state index contributed by atoms with van der Waals surface area (Å²) in [5.41, 5.74) is 0.850. The molecule has 0 saturated heterocycles. The number of benzene rings is 2. The van der Waals surface area contributed by atoms with Gasteiger partial charge >= 0.3 is 5.97 Å². The first kappa shape index (κ1) is 21.5. The Kier molecular flexibility index (Phi) is 9.05. The van der Waals surface area contributed by atoms with Crippen LogP contribution < -0.4 is 4.74 Å². The molecule has 2 aromatic carbocycles. The van der Waals surface area contributed by atoms with Gasteiger partial charge in [0.15, 0.2) is 0 Å². The predicted octanol–water partition coefficient (Wildman–Crippen LogP) is 4.94. The number of hydrogen-bond acceptors (Lipinski definition) is 5. The standard InChI is InChI=1S/C23H28O5/c24-19(15-18-9-7-11-20(25)16-18)10-5-3-1-2-4-6-14-23(27)28-22-13-8-12-21(26)17-22/h7-9,11-13,16-17,25-26H,1-6,10,14-15H2. The molecule has 0 heterocycles. The van der Waals surface area contributed by atoms with Gasteiger partial charge in [-0.05, 0) is 42.7 Å². The number of Topliss-reactive ketones (excluding diaryl/α,β-unsaturated/α-hetero) is 1. The molecule has 0 spiro atoms. The van der Waals surface area contributed by atoms with Crippen LogP contribution in [0.5, 0.6) is 17.2 Å². The van der Waals surface area contributed by atoms with Gasteiger partial charge in [0, 0.05) is 25.3 Å². The third-order valence-electron chi connectivity index (χ3n) is 4.45. The molecule has 0 aliphatic rings. The quantitative estimate of drug-likeness (QED) is 0.308. The number of phenols is 2. The van der Waals surface area contributed by atoms with E-state index in [1.54, 1.807) is 30.3 Å². The van der Waals surface area contributed by atoms with Crippen LogP contribution in [0.4, 0.5) is 0 Å². The fourth-order valence-electron chi connectivity index (χ4n) is 3.01. The zero-order valence-corrected chi connectivity index (χ0v) is 16.1. The topological polar surface area (TPSA) is 83.8 Å². The molecule has 2 rings (SSSR count). The Balaban J connectivity index is 1.47. The molecular weight excluding hydrogens is 356 g/mol. The molecule has 2 aromatic rings. The average molecular weight is 384 g/mol. The Hall–Kier alpha value is -2.82. The van der Waals surface area contributed by atoms with Crippen molar-refractivity contribution in [1.82, 2.24) is 0 Å². The third kappa shape index (κ3) is 8.71. The molecule has 0 amide bonds. The van der Waals surface area contributed by atoms with Crippen molar-refractivity contribution in [3.63, 3.8) is 0 Å². The first-order valence-corrected chi connectivity index (χ1v) is 9.82. The van der Waals surface area contributed by atoms with E-state index in [0.717, 1.165) is 44.1 Å². The fourth-order valence-corrected chi connectivity index (χ4v) is 3.01. The number of hydrogen-bond donors (Lipinski definition) is 2. The van der Waals surface area contributed by atoms with Crippen LogP contribution in [0.2, 0.25) is 0 Å². The summed E-state index contributed by atoms with van der Waals surface area (Å²) in [5.74, 6) is 0.533. The Bertz CT molecular complexity index is 704. The maximum atomic E-state index is 12.0. The van der Waals surface area contributed by atoms with Gasteiger partial charge in [0.2, 0.25) is 0 Å². The van der Waals surface area contributed by atoms with Crippen LogP contribution >= 0.6 is 0 Å². The summed E-state index contributed by atoms with van der Waals surface area (Å²) < 4.78 is 5.17. The minimum Gasteiger partial charge on any atom is -0.508 e. The van der Waals surface area contributed by atoms with Crippen molar-refractivity contribution in [1.29, 1.82) is 0 Å². The van der Waals surface area contributed by atoms with E-state index in [-0.39, 0.29) is 23.3 Å². The van der Waals surface area contributed by atoms with Gasteiger partial charge in [0.05, 0.1) is 0 Å². The van der Waals surface area contributed by atoms with Crippen LogP contribution in [-0.4, -0.2) is 22.0 Å². The normalized spacial score (nSPS) is 10.6. The Morgan fingerprint density at radius 2 is 1.36 bits per heavy atom. The number of unbranched alkanes of at least 4 members (excludes halogenated alkanes) is 5. The summed E-state index contributed by atoms with van der Waals surface area (Å²) in [6, 6.07) is 13.0. The lowest BCUT2D eigenvalue weighted by atomic mass is 10.0. The number of phenolic OH excluding ortho intramolecular Hbond substituents is 2. The molecule has 0 aliphatic carbocycles. The number of ether oxygens (including phenoxy) is 1. The zero-order chi connectivity index (χ0) is 20.2. The number of rotatable bonds is 12. The Morgan fingerprint density at radius 1 is 0.750 bits per heavy atom.